The zero-order chi connectivity index (χ0) is 17.3. The first kappa shape index (κ1) is 17.9. The van der Waals surface area contributed by atoms with Gasteiger partial charge in [0.25, 0.3) is 10.0 Å². The van der Waals surface area contributed by atoms with Gasteiger partial charge in [-0.25, -0.2) is 13.1 Å². The van der Waals surface area contributed by atoms with E-state index in [1.54, 1.807) is 13.8 Å². The smallest absolute Gasteiger partial charge is 0.440 e. The summed E-state index contributed by atoms with van der Waals surface area (Å²) in [6.45, 7) is 3.09. The van der Waals surface area contributed by atoms with Gasteiger partial charge in [-0.05, 0) is 37.7 Å². The van der Waals surface area contributed by atoms with E-state index in [1.807, 2.05) is 4.72 Å². The van der Waals surface area contributed by atoms with E-state index >= 15 is 0 Å². The Bertz CT molecular complexity index is 781. The third kappa shape index (κ3) is 4.52. The first-order valence-corrected chi connectivity index (χ1v) is 8.80. The van der Waals surface area contributed by atoms with Crippen molar-refractivity contribution in [3.8, 4) is 11.5 Å². The monoisotopic (exact) mass is 370 g/mol. The lowest BCUT2D eigenvalue weighted by Crippen LogP contribution is -2.26. The number of halogens is 3. The molecule has 0 aromatic carbocycles. The topological polar surface area (TPSA) is 85.3 Å². The van der Waals surface area contributed by atoms with Crippen LogP contribution in [-0.4, -0.2) is 31.4 Å². The second kappa shape index (κ2) is 6.57. The first-order chi connectivity index (χ1) is 10.6. The van der Waals surface area contributed by atoms with E-state index in [0.29, 0.717) is 17.0 Å². The minimum atomic E-state index is -4.40. The molecule has 0 unspecified atom stereocenters. The molecule has 1 N–H and O–H groups in total. The van der Waals surface area contributed by atoms with Crippen LogP contribution in [0.25, 0.3) is 11.5 Å². The summed E-state index contributed by atoms with van der Waals surface area (Å²) in [5.74, 6) is 0.0428. The molecule has 0 saturated heterocycles. The number of nitrogens with zero attached hydrogens (tertiary/aromatic N) is 1. The number of hydrogen-bond acceptors (Lipinski definition) is 6. The van der Waals surface area contributed by atoms with Crippen LogP contribution in [0.5, 0.6) is 0 Å². The van der Waals surface area contributed by atoms with E-state index in [-0.39, 0.29) is 24.1 Å². The van der Waals surface area contributed by atoms with Gasteiger partial charge in [0.1, 0.15) is 0 Å². The van der Waals surface area contributed by atoms with Gasteiger partial charge in [-0.1, -0.05) is 5.16 Å². The van der Waals surface area contributed by atoms with E-state index in [0.717, 1.165) is 0 Å². The molecule has 0 fully saturated rings. The normalized spacial score (nSPS) is 12.7. The Morgan fingerprint density at radius 1 is 1.30 bits per heavy atom. The molecule has 0 spiro atoms. The number of aryl methyl sites for hydroxylation is 1. The van der Waals surface area contributed by atoms with E-state index < -0.39 is 26.4 Å². The lowest BCUT2D eigenvalue weighted by molar-refractivity contribution is -0.0327. The average Bonchev–Trinajstić information content (AvgIpc) is 3.03. The third-order valence-corrected chi connectivity index (χ3v) is 4.96. The van der Waals surface area contributed by atoms with Gasteiger partial charge in [-0.2, -0.15) is 13.2 Å². The fraction of sp³-hybridized carbons (Fsp3) is 0.417. The predicted octanol–water partition coefficient (Wildman–Crippen LogP) is 3.08. The van der Waals surface area contributed by atoms with Gasteiger partial charge in [0, 0.05) is 17.9 Å². The number of furan rings is 1. The molecule has 0 amide bonds. The average molecular weight is 370 g/mol. The molecule has 0 bridgehead atoms. The molecule has 6 nitrogen and oxygen atoms in total. The molecule has 0 aliphatic rings. The summed E-state index contributed by atoms with van der Waals surface area (Å²) in [5.41, 5.74) is -3.05. The van der Waals surface area contributed by atoms with Crippen molar-refractivity contribution < 1.29 is 30.5 Å². The van der Waals surface area contributed by atoms with E-state index in [2.05, 4.69) is 5.16 Å². The van der Waals surface area contributed by atoms with Crippen LogP contribution in [0.1, 0.15) is 11.3 Å². The highest BCUT2D eigenvalue weighted by Gasteiger charge is 2.28. The Kier molecular flexibility index (Phi) is 5.11. The number of rotatable bonds is 6. The second-order valence-electron chi connectivity index (χ2n) is 4.53. The molecule has 2 heterocycles. The molecular formula is C12H13F3N2O4S2. The SMILES string of the molecule is Cc1noc(-c2ccc(S(=O)(=O)NCCSC(F)(F)F)o2)c1C. The molecule has 2 rings (SSSR count). The maximum Gasteiger partial charge on any atom is 0.441 e. The molecule has 11 heteroatoms. The predicted molar refractivity (Wildman–Crippen MR) is 77.4 cm³/mol. The van der Waals surface area contributed by atoms with Crippen LogP contribution in [-0.2, 0) is 10.0 Å². The summed E-state index contributed by atoms with van der Waals surface area (Å²) in [6, 6.07) is 2.60. The van der Waals surface area contributed by atoms with Crippen molar-refractivity contribution in [1.82, 2.24) is 9.88 Å². The number of thioether (sulfide) groups is 1. The third-order valence-electron chi connectivity index (χ3n) is 2.89. The van der Waals surface area contributed by atoms with Crippen molar-refractivity contribution in [3.63, 3.8) is 0 Å². The Morgan fingerprint density at radius 2 is 2.00 bits per heavy atom. The molecule has 0 aliphatic heterocycles. The van der Waals surface area contributed by atoms with Crippen LogP contribution in [0.3, 0.4) is 0 Å². The van der Waals surface area contributed by atoms with Gasteiger partial charge < -0.3 is 8.94 Å². The summed E-state index contributed by atoms with van der Waals surface area (Å²) in [5, 5.41) is 3.33. The highest BCUT2D eigenvalue weighted by Crippen LogP contribution is 2.30. The number of nitrogens with one attached hydrogen (secondary N) is 1. The van der Waals surface area contributed by atoms with Crippen LogP contribution in [0.2, 0.25) is 0 Å². The molecule has 2 aromatic heterocycles. The largest absolute Gasteiger partial charge is 0.441 e. The zero-order valence-electron chi connectivity index (χ0n) is 12.1. The summed E-state index contributed by atoms with van der Waals surface area (Å²) in [6.07, 6.45) is 0. The van der Waals surface area contributed by atoms with Crippen molar-refractivity contribution in [3.05, 3.63) is 23.4 Å². The first-order valence-electron chi connectivity index (χ1n) is 6.33. The summed E-state index contributed by atoms with van der Waals surface area (Å²) < 4.78 is 72.2. The standard InChI is InChI=1S/C12H13F3N2O4S2/c1-7-8(2)17-21-11(7)9-3-4-10(20-9)23(18,19)16-5-6-22-12(13,14)15/h3-4,16H,5-6H2,1-2H3. The van der Waals surface area contributed by atoms with Crippen molar-refractivity contribution >= 4 is 21.8 Å². The van der Waals surface area contributed by atoms with Gasteiger partial charge in [-0.3, -0.25) is 0 Å². The van der Waals surface area contributed by atoms with Crippen LogP contribution in [0, 0.1) is 13.8 Å². The van der Waals surface area contributed by atoms with Crippen LogP contribution >= 0.6 is 11.8 Å². The Hall–Kier alpha value is -1.46. The number of sulfonamides is 1. The van der Waals surface area contributed by atoms with Gasteiger partial charge >= 0.3 is 5.51 Å². The highest BCUT2D eigenvalue weighted by molar-refractivity contribution is 8.00. The maximum absolute atomic E-state index is 12.0. The van der Waals surface area contributed by atoms with Gasteiger partial charge in [0.15, 0.2) is 5.76 Å². The molecule has 0 aliphatic carbocycles. The summed E-state index contributed by atoms with van der Waals surface area (Å²) in [4.78, 5) is 0. The van der Waals surface area contributed by atoms with Crippen LogP contribution < -0.4 is 4.72 Å². The van der Waals surface area contributed by atoms with Crippen LogP contribution in [0.15, 0.2) is 26.2 Å². The van der Waals surface area contributed by atoms with Gasteiger partial charge in [0.2, 0.25) is 10.9 Å². The highest BCUT2D eigenvalue weighted by atomic mass is 32.2. The molecule has 0 atom stereocenters. The fourth-order valence-electron chi connectivity index (χ4n) is 1.65. The van der Waals surface area contributed by atoms with Crippen molar-refractivity contribution in [2.45, 2.75) is 24.4 Å². The van der Waals surface area contributed by atoms with Crippen molar-refractivity contribution in [2.24, 2.45) is 0 Å². The number of aromatic nitrogens is 1. The van der Waals surface area contributed by atoms with Crippen molar-refractivity contribution in [2.75, 3.05) is 12.3 Å². The van der Waals surface area contributed by atoms with Crippen LogP contribution in [0.4, 0.5) is 13.2 Å². The quantitative estimate of drug-likeness (QED) is 0.787. The van der Waals surface area contributed by atoms with E-state index in [9.17, 15) is 21.6 Å². The Balaban J connectivity index is 2.05. The molecule has 0 radical (unpaired) electrons. The molecular weight excluding hydrogens is 357 g/mol. The van der Waals surface area contributed by atoms with Crippen molar-refractivity contribution in [1.29, 1.82) is 0 Å². The number of hydrogen-bond donors (Lipinski definition) is 1. The molecule has 128 valence electrons. The minimum absolute atomic E-state index is 0.174. The lowest BCUT2D eigenvalue weighted by Gasteiger charge is -2.06. The second-order valence-corrected chi connectivity index (χ2v) is 7.39. The van der Waals surface area contributed by atoms with E-state index in [4.69, 9.17) is 8.94 Å². The van der Waals surface area contributed by atoms with E-state index in [1.165, 1.54) is 12.1 Å². The molecule has 23 heavy (non-hydrogen) atoms. The molecule has 2 aromatic rings. The minimum Gasteiger partial charge on any atom is -0.440 e. The van der Waals surface area contributed by atoms with Gasteiger partial charge in [0.05, 0.1) is 5.69 Å². The zero-order valence-corrected chi connectivity index (χ0v) is 13.7. The number of alkyl halides is 3. The maximum atomic E-state index is 12.0. The molecule has 0 saturated carbocycles. The Morgan fingerprint density at radius 3 is 2.57 bits per heavy atom. The van der Waals surface area contributed by atoms with Gasteiger partial charge in [-0.15, -0.1) is 0 Å². The Labute approximate surface area is 134 Å². The summed E-state index contributed by atoms with van der Waals surface area (Å²) in [7, 11) is -4.03. The fourth-order valence-corrected chi connectivity index (χ4v) is 3.17. The lowest BCUT2D eigenvalue weighted by atomic mass is 10.2. The summed E-state index contributed by atoms with van der Waals surface area (Å²) >= 11 is -0.305.